The van der Waals surface area contributed by atoms with Gasteiger partial charge in [-0.05, 0) is 77.0 Å². The Balaban J connectivity index is 1.51. The SMILES string of the molecule is CC(C)NC(=O)CNC(=O)[C@H](C)NC(=O)C12CC3CC(CC(C3)C1)C2. The van der Waals surface area contributed by atoms with Crippen LogP contribution < -0.4 is 16.0 Å². The molecule has 4 rings (SSSR count). The van der Waals surface area contributed by atoms with Gasteiger partial charge in [-0.15, -0.1) is 0 Å². The van der Waals surface area contributed by atoms with E-state index in [0.717, 1.165) is 19.3 Å². The van der Waals surface area contributed by atoms with Crippen LogP contribution in [0.5, 0.6) is 0 Å². The van der Waals surface area contributed by atoms with E-state index < -0.39 is 6.04 Å². The molecule has 3 amide bonds. The van der Waals surface area contributed by atoms with E-state index in [1.54, 1.807) is 6.92 Å². The van der Waals surface area contributed by atoms with Gasteiger partial charge in [-0.2, -0.15) is 0 Å². The third-order valence-corrected chi connectivity index (χ3v) is 6.13. The van der Waals surface area contributed by atoms with Gasteiger partial charge in [-0.25, -0.2) is 0 Å². The summed E-state index contributed by atoms with van der Waals surface area (Å²) < 4.78 is 0. The predicted octanol–water partition coefficient (Wildman–Crippen LogP) is 1.35. The van der Waals surface area contributed by atoms with Crippen LogP contribution >= 0.6 is 0 Å². The molecule has 0 aliphatic heterocycles. The third-order valence-electron chi connectivity index (χ3n) is 6.13. The summed E-state index contributed by atoms with van der Waals surface area (Å²) in [5, 5.41) is 8.25. The Morgan fingerprint density at radius 1 is 0.920 bits per heavy atom. The minimum absolute atomic E-state index is 0.0395. The van der Waals surface area contributed by atoms with Crippen LogP contribution in [0.1, 0.15) is 59.3 Å². The van der Waals surface area contributed by atoms with Crippen LogP contribution in [0.4, 0.5) is 0 Å². The topological polar surface area (TPSA) is 87.3 Å². The number of amides is 3. The first kappa shape index (κ1) is 18.2. The minimum Gasteiger partial charge on any atom is -0.352 e. The molecular weight excluding hydrogens is 318 g/mol. The van der Waals surface area contributed by atoms with E-state index in [0.29, 0.717) is 17.8 Å². The second kappa shape index (κ2) is 6.96. The van der Waals surface area contributed by atoms with Gasteiger partial charge in [0.1, 0.15) is 6.04 Å². The van der Waals surface area contributed by atoms with Crippen molar-refractivity contribution in [2.24, 2.45) is 23.2 Å². The molecule has 25 heavy (non-hydrogen) atoms. The summed E-state index contributed by atoms with van der Waals surface area (Å²) in [5.74, 6) is 1.60. The van der Waals surface area contributed by atoms with E-state index >= 15 is 0 Å². The fourth-order valence-corrected chi connectivity index (χ4v) is 5.50. The lowest BCUT2D eigenvalue weighted by molar-refractivity contribution is -0.148. The van der Waals surface area contributed by atoms with Gasteiger partial charge in [0.25, 0.3) is 0 Å². The van der Waals surface area contributed by atoms with Crippen LogP contribution in [0.25, 0.3) is 0 Å². The van der Waals surface area contributed by atoms with Crippen LogP contribution in [-0.2, 0) is 14.4 Å². The van der Waals surface area contributed by atoms with E-state index in [-0.39, 0.29) is 35.7 Å². The van der Waals surface area contributed by atoms with Gasteiger partial charge in [0, 0.05) is 11.5 Å². The van der Waals surface area contributed by atoms with Crippen molar-refractivity contribution in [2.75, 3.05) is 6.54 Å². The first-order valence-electron chi connectivity index (χ1n) is 9.65. The number of hydrogen-bond acceptors (Lipinski definition) is 3. The number of rotatable bonds is 6. The van der Waals surface area contributed by atoms with Gasteiger partial charge in [0.05, 0.1) is 6.54 Å². The quantitative estimate of drug-likeness (QED) is 0.676. The Kier molecular flexibility index (Phi) is 5.07. The van der Waals surface area contributed by atoms with Crippen LogP contribution in [0.15, 0.2) is 0 Å². The minimum atomic E-state index is -0.618. The highest BCUT2D eigenvalue weighted by Gasteiger charge is 2.54. The summed E-state index contributed by atoms with van der Waals surface area (Å²) in [6.45, 7) is 5.37. The van der Waals surface area contributed by atoms with E-state index in [9.17, 15) is 14.4 Å². The Morgan fingerprint density at radius 3 is 1.92 bits per heavy atom. The summed E-state index contributed by atoms with van der Waals surface area (Å²) in [6, 6.07) is -0.579. The molecule has 0 saturated heterocycles. The lowest BCUT2D eigenvalue weighted by Gasteiger charge is -2.55. The van der Waals surface area contributed by atoms with E-state index in [2.05, 4.69) is 16.0 Å². The highest BCUT2D eigenvalue weighted by molar-refractivity contribution is 5.92. The summed E-state index contributed by atoms with van der Waals surface area (Å²) in [4.78, 5) is 36.7. The zero-order valence-corrected chi connectivity index (χ0v) is 15.6. The molecule has 4 bridgehead atoms. The van der Waals surface area contributed by atoms with Crippen molar-refractivity contribution in [3.05, 3.63) is 0 Å². The lowest BCUT2D eigenvalue weighted by atomic mass is 9.49. The number of carbonyl (C=O) groups is 3. The molecule has 0 unspecified atom stereocenters. The van der Waals surface area contributed by atoms with Crippen molar-refractivity contribution in [1.82, 2.24) is 16.0 Å². The first-order chi connectivity index (χ1) is 11.8. The van der Waals surface area contributed by atoms with Gasteiger partial charge in [-0.3, -0.25) is 14.4 Å². The van der Waals surface area contributed by atoms with Crippen molar-refractivity contribution in [2.45, 2.75) is 71.4 Å². The summed E-state index contributed by atoms with van der Waals surface area (Å²) in [5.41, 5.74) is -0.252. The molecule has 0 spiro atoms. The fraction of sp³-hybridized carbons (Fsp3) is 0.842. The molecule has 0 heterocycles. The summed E-state index contributed by atoms with van der Waals surface area (Å²) in [6.07, 6.45) is 6.80. The number of carbonyl (C=O) groups excluding carboxylic acids is 3. The molecule has 3 N–H and O–H groups in total. The second-order valence-electron chi connectivity index (χ2n) is 8.83. The van der Waals surface area contributed by atoms with Crippen LogP contribution in [0.2, 0.25) is 0 Å². The maximum Gasteiger partial charge on any atom is 0.242 e. The maximum absolute atomic E-state index is 12.9. The van der Waals surface area contributed by atoms with Crippen LogP contribution in [-0.4, -0.2) is 36.3 Å². The van der Waals surface area contributed by atoms with Crippen molar-refractivity contribution in [1.29, 1.82) is 0 Å². The molecular formula is C19H31N3O3. The molecule has 4 aliphatic carbocycles. The molecule has 4 aliphatic rings. The monoisotopic (exact) mass is 349 g/mol. The maximum atomic E-state index is 12.9. The predicted molar refractivity (Wildman–Crippen MR) is 94.5 cm³/mol. The Bertz CT molecular complexity index is 523. The van der Waals surface area contributed by atoms with Crippen molar-refractivity contribution in [3.63, 3.8) is 0 Å². The van der Waals surface area contributed by atoms with Gasteiger partial charge in [0.15, 0.2) is 0 Å². The van der Waals surface area contributed by atoms with Crippen LogP contribution in [0.3, 0.4) is 0 Å². The average molecular weight is 349 g/mol. The number of hydrogen-bond donors (Lipinski definition) is 3. The van der Waals surface area contributed by atoms with E-state index in [4.69, 9.17) is 0 Å². The molecule has 1 atom stereocenters. The van der Waals surface area contributed by atoms with Crippen LogP contribution in [0, 0.1) is 23.2 Å². The third kappa shape index (κ3) is 3.98. The van der Waals surface area contributed by atoms with Crippen molar-refractivity contribution >= 4 is 17.7 Å². The normalized spacial score (nSPS) is 33.8. The molecule has 4 saturated carbocycles. The zero-order chi connectivity index (χ0) is 18.2. The lowest BCUT2D eigenvalue weighted by Crippen LogP contribution is -2.57. The standard InChI is InChI=1S/C19H31N3O3/c1-11(2)21-16(23)10-20-17(24)12(3)22-18(25)19-7-13-4-14(8-19)6-15(5-13)9-19/h11-15H,4-10H2,1-3H3,(H,20,24)(H,21,23)(H,22,25)/t12-,13?,14?,15?,19?/m0/s1. The highest BCUT2D eigenvalue weighted by Crippen LogP contribution is 2.60. The van der Waals surface area contributed by atoms with Gasteiger partial charge >= 0.3 is 0 Å². The van der Waals surface area contributed by atoms with Crippen molar-refractivity contribution < 1.29 is 14.4 Å². The molecule has 0 radical (unpaired) electrons. The molecule has 140 valence electrons. The largest absolute Gasteiger partial charge is 0.352 e. The van der Waals surface area contributed by atoms with Crippen molar-refractivity contribution in [3.8, 4) is 0 Å². The average Bonchev–Trinajstić information content (AvgIpc) is 2.50. The smallest absolute Gasteiger partial charge is 0.242 e. The molecule has 0 aromatic rings. The second-order valence-corrected chi connectivity index (χ2v) is 8.83. The molecule has 0 aromatic heterocycles. The first-order valence-corrected chi connectivity index (χ1v) is 9.65. The molecule has 4 fully saturated rings. The molecule has 6 nitrogen and oxygen atoms in total. The Hall–Kier alpha value is -1.59. The summed E-state index contributed by atoms with van der Waals surface area (Å²) in [7, 11) is 0. The van der Waals surface area contributed by atoms with Gasteiger partial charge < -0.3 is 16.0 Å². The van der Waals surface area contributed by atoms with E-state index in [1.165, 1.54) is 19.3 Å². The number of nitrogens with one attached hydrogen (secondary N) is 3. The van der Waals surface area contributed by atoms with E-state index in [1.807, 2.05) is 13.8 Å². The Labute approximate surface area is 149 Å². The molecule has 6 heteroatoms. The molecule has 0 aromatic carbocycles. The zero-order valence-electron chi connectivity index (χ0n) is 15.6. The fourth-order valence-electron chi connectivity index (χ4n) is 5.50. The van der Waals surface area contributed by atoms with Gasteiger partial charge in [-0.1, -0.05) is 0 Å². The Morgan fingerprint density at radius 2 is 1.44 bits per heavy atom. The van der Waals surface area contributed by atoms with Gasteiger partial charge in [0.2, 0.25) is 17.7 Å². The summed E-state index contributed by atoms with van der Waals surface area (Å²) >= 11 is 0. The highest BCUT2D eigenvalue weighted by atomic mass is 16.2.